The van der Waals surface area contributed by atoms with Gasteiger partial charge in [0.15, 0.2) is 0 Å². The smallest absolute Gasteiger partial charge is 0.310 e. The van der Waals surface area contributed by atoms with Crippen molar-refractivity contribution in [2.45, 2.75) is 30.3 Å². The van der Waals surface area contributed by atoms with Crippen molar-refractivity contribution in [3.63, 3.8) is 0 Å². The van der Waals surface area contributed by atoms with Crippen LogP contribution in [-0.4, -0.2) is 23.6 Å². The summed E-state index contributed by atoms with van der Waals surface area (Å²) in [4.78, 5) is 1.02. The zero-order chi connectivity index (χ0) is 14.3. The number of hydrogen-bond acceptors (Lipinski definition) is 3. The van der Waals surface area contributed by atoms with Crippen LogP contribution >= 0.6 is 23.5 Å². The highest BCUT2D eigenvalue weighted by Crippen LogP contribution is 2.31. The van der Waals surface area contributed by atoms with E-state index in [0.717, 1.165) is 17.0 Å². The van der Waals surface area contributed by atoms with Crippen LogP contribution in [0.25, 0.3) is 0 Å². The summed E-state index contributed by atoms with van der Waals surface area (Å²) in [6.07, 6.45) is 0. The van der Waals surface area contributed by atoms with E-state index in [1.807, 2.05) is 31.2 Å². The Kier molecular flexibility index (Phi) is 7.10. The predicted molar refractivity (Wildman–Crippen MR) is 77.8 cm³/mol. The Labute approximate surface area is 120 Å². The van der Waals surface area contributed by atoms with Gasteiger partial charge in [-0.1, -0.05) is 30.8 Å². The van der Waals surface area contributed by atoms with Gasteiger partial charge in [0.1, 0.15) is 0 Å². The Bertz CT molecular complexity index is 382. The molecule has 0 radical (unpaired) electrons. The first-order valence-corrected chi connectivity index (χ1v) is 8.06. The third kappa shape index (κ3) is 7.13. The highest BCUT2D eigenvalue weighted by atomic mass is 32.2. The van der Waals surface area contributed by atoms with E-state index in [-0.39, 0.29) is 23.6 Å². The molecule has 1 N–H and O–H groups in total. The Morgan fingerprint density at radius 3 is 2.63 bits per heavy atom. The van der Waals surface area contributed by atoms with Gasteiger partial charge in [0.2, 0.25) is 0 Å². The standard InChI is InChI=1S/C13H18F3NS2/c1-3-17-10(2)11-5-4-6-12(9-11)18-7-8-19-13(14,15)16/h4-6,9-10,17H,3,7-8H2,1-2H3. The maximum atomic E-state index is 12.0. The minimum Gasteiger partial charge on any atom is -0.310 e. The Balaban J connectivity index is 2.44. The van der Waals surface area contributed by atoms with Crippen molar-refractivity contribution in [2.75, 3.05) is 18.1 Å². The van der Waals surface area contributed by atoms with Crippen molar-refractivity contribution in [1.29, 1.82) is 0 Å². The van der Waals surface area contributed by atoms with Gasteiger partial charge in [0.05, 0.1) is 0 Å². The van der Waals surface area contributed by atoms with Gasteiger partial charge in [0, 0.05) is 22.4 Å². The molecule has 0 aliphatic rings. The molecular formula is C13H18F3NS2. The van der Waals surface area contributed by atoms with Gasteiger partial charge in [-0.2, -0.15) is 13.2 Å². The zero-order valence-electron chi connectivity index (χ0n) is 11.0. The number of nitrogens with one attached hydrogen (secondary N) is 1. The summed E-state index contributed by atoms with van der Waals surface area (Å²) in [5.41, 5.74) is -2.96. The quantitative estimate of drug-likeness (QED) is 0.579. The van der Waals surface area contributed by atoms with Crippen molar-refractivity contribution in [3.8, 4) is 0 Å². The van der Waals surface area contributed by atoms with Gasteiger partial charge in [0.25, 0.3) is 0 Å². The van der Waals surface area contributed by atoms with Crippen molar-refractivity contribution < 1.29 is 13.2 Å². The third-order valence-corrected chi connectivity index (χ3v) is 4.48. The lowest BCUT2D eigenvalue weighted by Gasteiger charge is -2.13. The van der Waals surface area contributed by atoms with Crippen LogP contribution in [0.15, 0.2) is 29.2 Å². The van der Waals surface area contributed by atoms with Gasteiger partial charge >= 0.3 is 5.51 Å². The molecule has 1 aromatic rings. The van der Waals surface area contributed by atoms with Gasteiger partial charge in [-0.05, 0) is 31.2 Å². The molecule has 0 aliphatic heterocycles. The molecule has 0 saturated carbocycles. The zero-order valence-corrected chi connectivity index (χ0v) is 12.6. The predicted octanol–water partition coefficient (Wildman–Crippen LogP) is 4.70. The van der Waals surface area contributed by atoms with Crippen molar-refractivity contribution in [3.05, 3.63) is 29.8 Å². The molecule has 0 amide bonds. The highest BCUT2D eigenvalue weighted by molar-refractivity contribution is 8.03. The molecule has 1 atom stereocenters. The molecule has 0 bridgehead atoms. The lowest BCUT2D eigenvalue weighted by molar-refractivity contribution is -0.0326. The Hall–Kier alpha value is -0.330. The van der Waals surface area contributed by atoms with Crippen LogP contribution < -0.4 is 5.32 Å². The van der Waals surface area contributed by atoms with E-state index in [9.17, 15) is 13.2 Å². The largest absolute Gasteiger partial charge is 0.441 e. The molecule has 108 valence electrons. The van der Waals surface area contributed by atoms with E-state index < -0.39 is 5.51 Å². The second-order valence-electron chi connectivity index (χ2n) is 3.99. The summed E-state index contributed by atoms with van der Waals surface area (Å²) in [5.74, 6) is 0.546. The van der Waals surface area contributed by atoms with Gasteiger partial charge in [-0.25, -0.2) is 0 Å². The van der Waals surface area contributed by atoms with E-state index >= 15 is 0 Å². The summed E-state index contributed by atoms with van der Waals surface area (Å²) in [6.45, 7) is 5.01. The van der Waals surface area contributed by atoms with Crippen molar-refractivity contribution in [1.82, 2.24) is 5.32 Å². The molecule has 1 unspecified atom stereocenters. The van der Waals surface area contributed by atoms with Crippen LogP contribution in [-0.2, 0) is 0 Å². The number of rotatable bonds is 7. The fourth-order valence-electron chi connectivity index (χ4n) is 1.61. The molecule has 0 heterocycles. The number of alkyl halides is 3. The van der Waals surface area contributed by atoms with Crippen molar-refractivity contribution >= 4 is 23.5 Å². The molecule has 0 aliphatic carbocycles. The van der Waals surface area contributed by atoms with Crippen molar-refractivity contribution in [2.24, 2.45) is 0 Å². The second kappa shape index (κ2) is 8.07. The molecule has 0 saturated heterocycles. The van der Waals surface area contributed by atoms with E-state index in [1.165, 1.54) is 11.8 Å². The minimum absolute atomic E-state index is 0.0383. The molecule has 0 spiro atoms. The number of halogens is 3. The van der Waals surface area contributed by atoms with E-state index in [4.69, 9.17) is 0 Å². The molecule has 6 heteroatoms. The topological polar surface area (TPSA) is 12.0 Å². The third-order valence-electron chi connectivity index (χ3n) is 2.49. The highest BCUT2D eigenvalue weighted by Gasteiger charge is 2.27. The fraction of sp³-hybridized carbons (Fsp3) is 0.538. The van der Waals surface area contributed by atoms with E-state index in [0.29, 0.717) is 5.75 Å². The molecule has 1 aromatic carbocycles. The molecule has 1 nitrogen and oxygen atoms in total. The first-order valence-electron chi connectivity index (χ1n) is 6.09. The Morgan fingerprint density at radius 1 is 1.26 bits per heavy atom. The van der Waals surface area contributed by atoms with E-state index in [2.05, 4.69) is 12.2 Å². The summed E-state index contributed by atoms with van der Waals surface area (Å²) in [5, 5.41) is 3.31. The first-order chi connectivity index (χ1) is 8.92. The molecule has 19 heavy (non-hydrogen) atoms. The summed E-state index contributed by atoms with van der Waals surface area (Å²) in [7, 11) is 0. The van der Waals surface area contributed by atoms with Crippen LogP contribution in [0.1, 0.15) is 25.5 Å². The lowest BCUT2D eigenvalue weighted by atomic mass is 10.1. The van der Waals surface area contributed by atoms with Gasteiger partial charge in [-0.15, -0.1) is 11.8 Å². The van der Waals surface area contributed by atoms with Crippen LogP contribution in [0.3, 0.4) is 0 Å². The Morgan fingerprint density at radius 2 is 2.00 bits per heavy atom. The fourth-order valence-corrected chi connectivity index (χ4v) is 3.14. The maximum absolute atomic E-state index is 12.0. The van der Waals surface area contributed by atoms with Gasteiger partial charge in [-0.3, -0.25) is 0 Å². The van der Waals surface area contributed by atoms with Crippen LogP contribution in [0.5, 0.6) is 0 Å². The van der Waals surface area contributed by atoms with E-state index in [1.54, 1.807) is 0 Å². The maximum Gasteiger partial charge on any atom is 0.441 e. The SMILES string of the molecule is CCNC(C)c1cccc(SCCSC(F)(F)F)c1. The first kappa shape index (κ1) is 16.7. The summed E-state index contributed by atoms with van der Waals surface area (Å²) >= 11 is 1.50. The molecule has 0 fully saturated rings. The normalized spacial score (nSPS) is 13.5. The van der Waals surface area contributed by atoms with Crippen LogP contribution in [0, 0.1) is 0 Å². The monoisotopic (exact) mass is 309 g/mol. The average Bonchev–Trinajstić information content (AvgIpc) is 2.34. The van der Waals surface area contributed by atoms with Crippen LogP contribution in [0.2, 0.25) is 0 Å². The summed E-state index contributed by atoms with van der Waals surface area (Å²) in [6, 6.07) is 8.21. The molecule has 1 rings (SSSR count). The molecule has 0 aromatic heterocycles. The lowest BCUT2D eigenvalue weighted by Crippen LogP contribution is -2.17. The number of thioether (sulfide) groups is 2. The minimum atomic E-state index is -4.12. The average molecular weight is 309 g/mol. The second-order valence-corrected chi connectivity index (χ2v) is 6.32. The van der Waals surface area contributed by atoms with Gasteiger partial charge < -0.3 is 5.32 Å². The summed E-state index contributed by atoms with van der Waals surface area (Å²) < 4.78 is 35.9. The van der Waals surface area contributed by atoms with Crippen LogP contribution in [0.4, 0.5) is 13.2 Å². The number of benzene rings is 1. The molecular weight excluding hydrogens is 291 g/mol. The number of hydrogen-bond donors (Lipinski definition) is 1.